The van der Waals surface area contributed by atoms with E-state index in [1.807, 2.05) is 0 Å². The van der Waals surface area contributed by atoms with E-state index in [1.165, 1.54) is 0 Å². The van der Waals surface area contributed by atoms with Gasteiger partial charge in [0.15, 0.2) is 0 Å². The van der Waals surface area contributed by atoms with Crippen LogP contribution in [0.2, 0.25) is 0 Å². The van der Waals surface area contributed by atoms with Crippen LogP contribution in [0.5, 0.6) is 0 Å². The van der Waals surface area contributed by atoms with Gasteiger partial charge >= 0.3 is 0 Å². The Labute approximate surface area is 75.0 Å². The summed E-state index contributed by atoms with van der Waals surface area (Å²) >= 11 is 3.55. The van der Waals surface area contributed by atoms with Crippen LogP contribution in [0, 0.1) is 17.8 Å². The number of aldehydes is 1. The maximum atomic E-state index is 10.8. The van der Waals surface area contributed by atoms with Gasteiger partial charge in [-0.05, 0) is 24.2 Å². The monoisotopic (exact) mass is 214 g/mol. The summed E-state index contributed by atoms with van der Waals surface area (Å²) in [4.78, 5) is 10.8. The standard InChI is InChI=1S/C9H11BrO/c1-6-7-2-3-8(4-7)9(6,10)5-11/h2-3,5-8H,4H2,1H3/t6?,7-,8+,9-/m0/s1. The highest BCUT2D eigenvalue weighted by atomic mass is 79.9. The van der Waals surface area contributed by atoms with Gasteiger partial charge in [-0.15, -0.1) is 0 Å². The third-order valence-corrected chi connectivity index (χ3v) is 4.70. The van der Waals surface area contributed by atoms with Gasteiger partial charge in [-0.3, -0.25) is 0 Å². The van der Waals surface area contributed by atoms with Crippen molar-refractivity contribution in [2.75, 3.05) is 0 Å². The van der Waals surface area contributed by atoms with Crippen LogP contribution < -0.4 is 0 Å². The minimum atomic E-state index is -0.244. The summed E-state index contributed by atoms with van der Waals surface area (Å²) < 4.78 is -0.244. The van der Waals surface area contributed by atoms with Crippen molar-refractivity contribution in [3.63, 3.8) is 0 Å². The number of carbonyl (C=O) groups is 1. The molecule has 60 valence electrons. The molecule has 2 aliphatic rings. The number of hydrogen-bond acceptors (Lipinski definition) is 1. The molecule has 0 amide bonds. The first kappa shape index (κ1) is 7.53. The second-order valence-electron chi connectivity index (χ2n) is 3.62. The number of carbonyl (C=O) groups excluding carboxylic acids is 1. The van der Waals surface area contributed by atoms with Crippen LogP contribution in [-0.4, -0.2) is 10.6 Å². The molecule has 2 heteroatoms. The molecule has 1 nitrogen and oxygen atoms in total. The van der Waals surface area contributed by atoms with E-state index in [2.05, 4.69) is 35.0 Å². The van der Waals surface area contributed by atoms with Crippen molar-refractivity contribution in [3.8, 4) is 0 Å². The lowest BCUT2D eigenvalue weighted by Crippen LogP contribution is -2.35. The smallest absolute Gasteiger partial charge is 0.137 e. The van der Waals surface area contributed by atoms with Gasteiger partial charge in [0, 0.05) is 0 Å². The van der Waals surface area contributed by atoms with Gasteiger partial charge in [0.1, 0.15) is 6.29 Å². The van der Waals surface area contributed by atoms with Crippen molar-refractivity contribution < 1.29 is 4.79 Å². The SMILES string of the molecule is CC1[C@H]2C=C[C@H](C2)[C@]1(Br)C=O. The fourth-order valence-corrected chi connectivity index (χ4v) is 2.97. The second-order valence-corrected chi connectivity index (χ2v) is 5.00. The third kappa shape index (κ3) is 0.792. The molecule has 2 rings (SSSR count). The molecule has 1 fully saturated rings. The Bertz CT molecular complexity index is 224. The maximum Gasteiger partial charge on any atom is 0.137 e. The van der Waals surface area contributed by atoms with Gasteiger partial charge in [0.25, 0.3) is 0 Å². The molecule has 0 heterocycles. The van der Waals surface area contributed by atoms with Crippen LogP contribution in [0.3, 0.4) is 0 Å². The molecular weight excluding hydrogens is 204 g/mol. The summed E-state index contributed by atoms with van der Waals surface area (Å²) in [5, 5.41) is 0. The van der Waals surface area contributed by atoms with Crippen molar-refractivity contribution >= 4 is 22.2 Å². The van der Waals surface area contributed by atoms with Crippen molar-refractivity contribution in [1.82, 2.24) is 0 Å². The van der Waals surface area contributed by atoms with Gasteiger partial charge in [-0.2, -0.15) is 0 Å². The minimum absolute atomic E-state index is 0.244. The summed E-state index contributed by atoms with van der Waals surface area (Å²) in [7, 11) is 0. The van der Waals surface area contributed by atoms with E-state index in [-0.39, 0.29) is 4.32 Å². The number of fused-ring (bicyclic) bond motifs is 2. The summed E-state index contributed by atoms with van der Waals surface area (Å²) in [6.45, 7) is 2.15. The van der Waals surface area contributed by atoms with Crippen LogP contribution in [-0.2, 0) is 4.79 Å². The van der Waals surface area contributed by atoms with E-state index >= 15 is 0 Å². The van der Waals surface area contributed by atoms with Crippen LogP contribution in [0.15, 0.2) is 12.2 Å². The van der Waals surface area contributed by atoms with Crippen LogP contribution in [0.25, 0.3) is 0 Å². The molecule has 0 aromatic heterocycles. The Morgan fingerprint density at radius 3 is 2.73 bits per heavy atom. The lowest BCUT2D eigenvalue weighted by molar-refractivity contribution is -0.111. The Morgan fingerprint density at radius 2 is 2.36 bits per heavy atom. The predicted octanol–water partition coefficient (Wildman–Crippen LogP) is 2.16. The summed E-state index contributed by atoms with van der Waals surface area (Å²) in [5.41, 5.74) is 0. The van der Waals surface area contributed by atoms with E-state index in [0.717, 1.165) is 12.7 Å². The Hall–Kier alpha value is -0.110. The Morgan fingerprint density at radius 1 is 1.64 bits per heavy atom. The van der Waals surface area contributed by atoms with Crippen molar-refractivity contribution in [3.05, 3.63) is 12.2 Å². The first-order valence-electron chi connectivity index (χ1n) is 4.02. The quantitative estimate of drug-likeness (QED) is 0.372. The topological polar surface area (TPSA) is 17.1 Å². The largest absolute Gasteiger partial charge is 0.302 e. The van der Waals surface area contributed by atoms with Crippen LogP contribution in [0.1, 0.15) is 13.3 Å². The molecule has 0 radical (unpaired) electrons. The van der Waals surface area contributed by atoms with Gasteiger partial charge < -0.3 is 4.79 Å². The van der Waals surface area contributed by atoms with Crippen molar-refractivity contribution in [2.45, 2.75) is 17.7 Å². The first-order chi connectivity index (χ1) is 5.18. The molecule has 1 saturated carbocycles. The molecule has 2 aliphatic carbocycles. The molecule has 0 aromatic carbocycles. The molecule has 0 saturated heterocycles. The van der Waals surface area contributed by atoms with E-state index in [1.54, 1.807) is 0 Å². The van der Waals surface area contributed by atoms with Gasteiger partial charge in [0.05, 0.1) is 4.32 Å². The summed E-state index contributed by atoms with van der Waals surface area (Å²) in [6, 6.07) is 0. The predicted molar refractivity (Wildman–Crippen MR) is 47.6 cm³/mol. The molecule has 4 atom stereocenters. The van der Waals surface area contributed by atoms with E-state index in [0.29, 0.717) is 17.8 Å². The number of hydrogen-bond donors (Lipinski definition) is 0. The van der Waals surface area contributed by atoms with Gasteiger partial charge in [-0.1, -0.05) is 35.0 Å². The van der Waals surface area contributed by atoms with E-state index in [9.17, 15) is 4.79 Å². The van der Waals surface area contributed by atoms with Crippen molar-refractivity contribution in [2.24, 2.45) is 17.8 Å². The van der Waals surface area contributed by atoms with E-state index < -0.39 is 0 Å². The van der Waals surface area contributed by atoms with Gasteiger partial charge in [-0.25, -0.2) is 0 Å². The number of alkyl halides is 1. The zero-order valence-corrected chi connectivity index (χ0v) is 8.04. The summed E-state index contributed by atoms with van der Waals surface area (Å²) in [6.07, 6.45) is 6.66. The van der Waals surface area contributed by atoms with Crippen LogP contribution in [0.4, 0.5) is 0 Å². The molecule has 1 unspecified atom stereocenters. The average Bonchev–Trinajstić information content (AvgIpc) is 2.56. The molecule has 0 aromatic rings. The fourth-order valence-electron chi connectivity index (χ4n) is 2.29. The molecule has 0 aliphatic heterocycles. The molecule has 11 heavy (non-hydrogen) atoms. The average molecular weight is 215 g/mol. The molecule has 2 bridgehead atoms. The zero-order valence-electron chi connectivity index (χ0n) is 6.46. The first-order valence-corrected chi connectivity index (χ1v) is 4.81. The van der Waals surface area contributed by atoms with E-state index in [4.69, 9.17) is 0 Å². The number of rotatable bonds is 1. The highest BCUT2D eigenvalue weighted by Gasteiger charge is 2.52. The molecule has 0 N–H and O–H groups in total. The van der Waals surface area contributed by atoms with Gasteiger partial charge in [0.2, 0.25) is 0 Å². The molecule has 0 spiro atoms. The lowest BCUT2D eigenvalue weighted by Gasteiger charge is -2.28. The Kier molecular flexibility index (Phi) is 1.50. The highest BCUT2D eigenvalue weighted by Crippen LogP contribution is 2.53. The highest BCUT2D eigenvalue weighted by molar-refractivity contribution is 9.10. The minimum Gasteiger partial charge on any atom is -0.302 e. The normalized spacial score (nSPS) is 53.5. The Balaban J connectivity index is 2.38. The number of halogens is 1. The maximum absolute atomic E-state index is 10.8. The van der Waals surface area contributed by atoms with Crippen LogP contribution >= 0.6 is 15.9 Å². The summed E-state index contributed by atoms with van der Waals surface area (Å²) in [5.74, 6) is 1.54. The zero-order chi connectivity index (χ0) is 8.06. The fraction of sp³-hybridized carbons (Fsp3) is 0.667. The number of allylic oxidation sites excluding steroid dienone is 2. The second kappa shape index (κ2) is 2.19. The molecular formula is C9H11BrO. The van der Waals surface area contributed by atoms with Crippen molar-refractivity contribution in [1.29, 1.82) is 0 Å². The lowest BCUT2D eigenvalue weighted by atomic mass is 9.85. The third-order valence-electron chi connectivity index (χ3n) is 3.21.